The van der Waals surface area contributed by atoms with Crippen LogP contribution in [0.15, 0.2) is 36.4 Å². The normalized spacial score (nSPS) is 24.4. The standard InChI is InChI=1S/C27H34N2O5/c30-24-3-1-18(13-25(24)31)16-29-9-5-21-15-27(32)28-23-14-20(19-6-10-33-11-7-19)2-4-26(23)34-12-8-22(21)17-29/h1-4,13-14,19,21-22,30-31H,5-12,15-17H2,(H,28,32)/t21-,22-/m0/s1. The minimum absolute atomic E-state index is 0.0581. The number of ether oxygens (including phenoxy) is 2. The van der Waals surface area contributed by atoms with Gasteiger partial charge in [0.15, 0.2) is 11.5 Å². The second-order valence-corrected chi connectivity index (χ2v) is 9.90. The number of anilines is 1. The van der Waals surface area contributed by atoms with Crippen molar-refractivity contribution in [2.24, 2.45) is 11.8 Å². The lowest BCUT2D eigenvalue weighted by molar-refractivity contribution is -0.118. The number of fused-ring (bicyclic) bond motifs is 2. The molecule has 2 atom stereocenters. The molecule has 0 aliphatic carbocycles. The molecule has 3 heterocycles. The summed E-state index contributed by atoms with van der Waals surface area (Å²) < 4.78 is 11.7. The minimum atomic E-state index is -0.0990. The van der Waals surface area contributed by atoms with Gasteiger partial charge in [0.1, 0.15) is 5.75 Å². The van der Waals surface area contributed by atoms with Crippen LogP contribution in [0.3, 0.4) is 0 Å². The topological polar surface area (TPSA) is 91.3 Å². The second kappa shape index (κ2) is 10.2. The van der Waals surface area contributed by atoms with Crippen LogP contribution < -0.4 is 10.1 Å². The maximum absolute atomic E-state index is 13.0. The van der Waals surface area contributed by atoms with Gasteiger partial charge in [0, 0.05) is 32.7 Å². The molecular weight excluding hydrogens is 432 g/mol. The highest BCUT2D eigenvalue weighted by atomic mass is 16.5. The van der Waals surface area contributed by atoms with Crippen molar-refractivity contribution in [3.05, 3.63) is 47.5 Å². The van der Waals surface area contributed by atoms with Crippen LogP contribution in [0.25, 0.3) is 0 Å². The van der Waals surface area contributed by atoms with Crippen LogP contribution >= 0.6 is 0 Å². The Bertz CT molecular complexity index is 1020. The van der Waals surface area contributed by atoms with Gasteiger partial charge in [-0.3, -0.25) is 9.69 Å². The zero-order valence-corrected chi connectivity index (χ0v) is 19.5. The predicted octanol–water partition coefficient (Wildman–Crippen LogP) is 4.24. The molecule has 2 aromatic carbocycles. The van der Waals surface area contributed by atoms with Gasteiger partial charge < -0.3 is 25.0 Å². The molecule has 3 aliphatic heterocycles. The summed E-state index contributed by atoms with van der Waals surface area (Å²) in [4.78, 5) is 15.4. The molecule has 2 fully saturated rings. The molecule has 34 heavy (non-hydrogen) atoms. The molecule has 182 valence electrons. The number of carbonyl (C=O) groups excluding carboxylic acids is 1. The maximum atomic E-state index is 13.0. The quantitative estimate of drug-likeness (QED) is 0.586. The van der Waals surface area contributed by atoms with Crippen LogP contribution in [0.4, 0.5) is 5.69 Å². The van der Waals surface area contributed by atoms with Gasteiger partial charge in [0.2, 0.25) is 5.91 Å². The summed E-state index contributed by atoms with van der Waals surface area (Å²) >= 11 is 0. The third-order valence-electron chi connectivity index (χ3n) is 7.59. The summed E-state index contributed by atoms with van der Waals surface area (Å²) in [6.07, 6.45) is 4.40. The number of nitrogens with one attached hydrogen (secondary N) is 1. The Hall–Kier alpha value is -2.77. The fourth-order valence-electron chi connectivity index (χ4n) is 5.64. The maximum Gasteiger partial charge on any atom is 0.224 e. The average molecular weight is 467 g/mol. The third kappa shape index (κ3) is 5.31. The SMILES string of the molecule is O=C1C[C@@H]2CCN(Cc3ccc(O)c(O)c3)C[C@@H]2CCOc2ccc(C3CCOCC3)cc2N1. The first-order valence-corrected chi connectivity index (χ1v) is 12.4. The molecule has 3 N–H and O–H groups in total. The van der Waals surface area contributed by atoms with E-state index in [1.807, 2.05) is 12.1 Å². The van der Waals surface area contributed by atoms with Crippen molar-refractivity contribution in [2.75, 3.05) is 38.2 Å². The van der Waals surface area contributed by atoms with Crippen molar-refractivity contribution in [3.8, 4) is 17.2 Å². The number of phenols is 2. The summed E-state index contributed by atoms with van der Waals surface area (Å²) in [5, 5.41) is 22.5. The van der Waals surface area contributed by atoms with Crippen molar-refractivity contribution in [3.63, 3.8) is 0 Å². The second-order valence-electron chi connectivity index (χ2n) is 9.90. The Morgan fingerprint density at radius 1 is 0.941 bits per heavy atom. The fraction of sp³-hybridized carbons (Fsp3) is 0.519. The summed E-state index contributed by atoms with van der Waals surface area (Å²) in [6, 6.07) is 11.2. The Morgan fingerprint density at radius 3 is 2.62 bits per heavy atom. The van der Waals surface area contributed by atoms with Crippen LogP contribution in [-0.4, -0.2) is 53.9 Å². The molecule has 2 saturated heterocycles. The number of hydrogen-bond donors (Lipinski definition) is 3. The highest BCUT2D eigenvalue weighted by Crippen LogP contribution is 2.36. The van der Waals surface area contributed by atoms with Gasteiger partial charge >= 0.3 is 0 Å². The number of piperidine rings is 1. The number of aromatic hydroxyl groups is 2. The van der Waals surface area contributed by atoms with Gasteiger partial charge in [-0.2, -0.15) is 0 Å². The Labute approximate surface area is 200 Å². The van der Waals surface area contributed by atoms with E-state index < -0.39 is 0 Å². The molecule has 7 nitrogen and oxygen atoms in total. The van der Waals surface area contributed by atoms with Crippen LogP contribution in [-0.2, 0) is 16.1 Å². The predicted molar refractivity (Wildman–Crippen MR) is 129 cm³/mol. The van der Waals surface area contributed by atoms with Crippen LogP contribution in [0, 0.1) is 11.8 Å². The van der Waals surface area contributed by atoms with Crippen molar-refractivity contribution >= 4 is 11.6 Å². The van der Waals surface area contributed by atoms with E-state index >= 15 is 0 Å². The first-order chi connectivity index (χ1) is 16.5. The summed E-state index contributed by atoms with van der Waals surface area (Å²) in [5.41, 5.74) is 3.00. The number of benzene rings is 2. The molecule has 5 rings (SSSR count). The van der Waals surface area contributed by atoms with Crippen molar-refractivity contribution in [1.29, 1.82) is 0 Å². The zero-order chi connectivity index (χ0) is 23.5. The Kier molecular flexibility index (Phi) is 6.92. The van der Waals surface area contributed by atoms with Gasteiger partial charge in [-0.1, -0.05) is 12.1 Å². The Morgan fingerprint density at radius 2 is 1.79 bits per heavy atom. The highest BCUT2D eigenvalue weighted by Gasteiger charge is 2.32. The number of nitrogens with zero attached hydrogens (tertiary/aromatic N) is 1. The number of amides is 1. The summed E-state index contributed by atoms with van der Waals surface area (Å²) in [5.74, 6) is 1.78. The number of carbonyl (C=O) groups is 1. The van der Waals surface area contributed by atoms with Crippen molar-refractivity contribution < 1.29 is 24.5 Å². The molecular formula is C27H34N2O5. The lowest BCUT2D eigenvalue weighted by Gasteiger charge is -2.39. The third-order valence-corrected chi connectivity index (χ3v) is 7.59. The number of phenolic OH excluding ortho intramolecular Hbond substituents is 2. The molecule has 0 aromatic heterocycles. The van der Waals surface area contributed by atoms with E-state index in [-0.39, 0.29) is 17.4 Å². The number of likely N-dealkylation sites (tertiary alicyclic amines) is 1. The summed E-state index contributed by atoms with van der Waals surface area (Å²) in [7, 11) is 0. The van der Waals surface area contributed by atoms with Crippen LogP contribution in [0.5, 0.6) is 17.2 Å². The zero-order valence-electron chi connectivity index (χ0n) is 19.5. The van der Waals surface area contributed by atoms with Gasteiger partial charge in [0.25, 0.3) is 0 Å². The molecule has 3 aliphatic rings. The van der Waals surface area contributed by atoms with E-state index in [1.165, 1.54) is 11.6 Å². The van der Waals surface area contributed by atoms with Gasteiger partial charge in [0.05, 0.1) is 12.3 Å². The molecule has 0 radical (unpaired) electrons. The first kappa shape index (κ1) is 23.0. The minimum Gasteiger partial charge on any atom is -0.504 e. The van der Waals surface area contributed by atoms with Gasteiger partial charge in [-0.25, -0.2) is 0 Å². The molecule has 0 saturated carbocycles. The van der Waals surface area contributed by atoms with E-state index in [0.29, 0.717) is 37.3 Å². The smallest absolute Gasteiger partial charge is 0.224 e. The fourth-order valence-corrected chi connectivity index (χ4v) is 5.64. The average Bonchev–Trinajstić information content (AvgIpc) is 2.84. The van der Waals surface area contributed by atoms with Gasteiger partial charge in [-0.15, -0.1) is 0 Å². The molecule has 7 heteroatoms. The van der Waals surface area contributed by atoms with Crippen molar-refractivity contribution in [2.45, 2.75) is 44.6 Å². The molecule has 1 amide bonds. The lowest BCUT2D eigenvalue weighted by Crippen LogP contribution is -2.42. The van der Waals surface area contributed by atoms with Crippen molar-refractivity contribution in [1.82, 2.24) is 4.90 Å². The highest BCUT2D eigenvalue weighted by molar-refractivity contribution is 5.92. The number of rotatable bonds is 3. The monoisotopic (exact) mass is 466 g/mol. The largest absolute Gasteiger partial charge is 0.504 e. The van der Waals surface area contributed by atoms with E-state index in [1.54, 1.807) is 6.07 Å². The van der Waals surface area contributed by atoms with E-state index in [0.717, 1.165) is 69.0 Å². The first-order valence-electron chi connectivity index (χ1n) is 12.4. The van der Waals surface area contributed by atoms with E-state index in [4.69, 9.17) is 9.47 Å². The summed E-state index contributed by atoms with van der Waals surface area (Å²) in [6.45, 7) is 4.70. The lowest BCUT2D eigenvalue weighted by atomic mass is 9.80. The van der Waals surface area contributed by atoms with E-state index in [2.05, 4.69) is 22.3 Å². The van der Waals surface area contributed by atoms with Crippen LogP contribution in [0.1, 0.15) is 49.1 Å². The molecule has 0 bridgehead atoms. The molecule has 0 unspecified atom stereocenters. The Balaban J connectivity index is 1.26. The molecule has 2 aromatic rings. The van der Waals surface area contributed by atoms with Gasteiger partial charge in [-0.05, 0) is 85.4 Å². The van der Waals surface area contributed by atoms with E-state index in [9.17, 15) is 15.0 Å². The molecule has 0 spiro atoms. The number of hydrogen-bond acceptors (Lipinski definition) is 6. The van der Waals surface area contributed by atoms with Crippen LogP contribution in [0.2, 0.25) is 0 Å².